The number of rotatable bonds is 6. The number of hydrogen-bond donors (Lipinski definition) is 2. The van der Waals surface area contributed by atoms with Crippen LogP contribution in [0.15, 0.2) is 88.4 Å². The Kier molecular flexibility index (Phi) is 6.89. The van der Waals surface area contributed by atoms with E-state index in [1.165, 1.54) is 6.21 Å². The smallest absolute Gasteiger partial charge is 0.344 e. The van der Waals surface area contributed by atoms with Gasteiger partial charge in [0.15, 0.2) is 6.10 Å². The fourth-order valence-electron chi connectivity index (χ4n) is 2.43. The average molecular weight is 453 g/mol. The Hall–Kier alpha value is -3.29. The van der Waals surface area contributed by atoms with Crippen LogP contribution in [-0.2, 0) is 4.79 Å². The van der Waals surface area contributed by atoms with Gasteiger partial charge in [-0.15, -0.1) is 0 Å². The van der Waals surface area contributed by atoms with E-state index < -0.39 is 18.0 Å². The summed E-state index contributed by atoms with van der Waals surface area (Å²) < 4.78 is 6.00. The molecule has 1 atom stereocenters. The van der Waals surface area contributed by atoms with Gasteiger partial charge in [0.25, 0.3) is 5.91 Å². The minimum absolute atomic E-state index is 0.381. The summed E-state index contributed by atoms with van der Waals surface area (Å²) in [5.41, 5.74) is 3.89. The summed E-state index contributed by atoms with van der Waals surface area (Å²) in [7, 11) is 0. The zero-order valence-corrected chi connectivity index (χ0v) is 16.7. The number of amides is 1. The normalized spacial score (nSPS) is 11.8. The molecule has 29 heavy (non-hydrogen) atoms. The molecule has 0 saturated carbocycles. The molecule has 0 saturated heterocycles. The second-order valence-electron chi connectivity index (χ2n) is 5.99. The molecule has 0 heterocycles. The van der Waals surface area contributed by atoms with Crippen LogP contribution in [0, 0.1) is 0 Å². The molecule has 1 unspecified atom stereocenters. The molecular weight excluding hydrogens is 436 g/mol. The number of benzene rings is 3. The maximum Gasteiger partial charge on any atom is 0.344 e. The SMILES string of the molecule is O=C(Oc1ccc(/C=N/NC(=O)C(O)c2ccccc2)cc1)c1ccccc1Br. The summed E-state index contributed by atoms with van der Waals surface area (Å²) in [4.78, 5) is 24.1. The van der Waals surface area contributed by atoms with Crippen molar-refractivity contribution in [2.75, 3.05) is 0 Å². The molecule has 1 amide bonds. The molecule has 0 radical (unpaired) electrons. The lowest BCUT2D eigenvalue weighted by atomic mass is 10.1. The number of carbonyl (C=O) groups is 2. The van der Waals surface area contributed by atoms with Crippen molar-refractivity contribution in [3.63, 3.8) is 0 Å². The highest BCUT2D eigenvalue weighted by Crippen LogP contribution is 2.19. The van der Waals surface area contributed by atoms with Crippen molar-refractivity contribution in [2.24, 2.45) is 5.10 Å². The van der Waals surface area contributed by atoms with Crippen LogP contribution in [0.2, 0.25) is 0 Å². The standard InChI is InChI=1S/C22H17BrN2O4/c23-19-9-5-4-8-18(19)22(28)29-17-12-10-15(11-13-17)14-24-25-21(27)20(26)16-6-2-1-3-7-16/h1-14,20,26H,(H,25,27)/b24-14+. The van der Waals surface area contributed by atoms with Crippen molar-refractivity contribution in [3.05, 3.63) is 100 Å². The lowest BCUT2D eigenvalue weighted by molar-refractivity contribution is -0.129. The quantitative estimate of drug-likeness (QED) is 0.257. The van der Waals surface area contributed by atoms with E-state index in [9.17, 15) is 14.7 Å². The number of ether oxygens (including phenoxy) is 1. The van der Waals surface area contributed by atoms with Gasteiger partial charge in [0.1, 0.15) is 5.75 Å². The van der Waals surface area contributed by atoms with Gasteiger partial charge in [-0.3, -0.25) is 4.79 Å². The van der Waals surface area contributed by atoms with Gasteiger partial charge in [0.05, 0.1) is 11.8 Å². The van der Waals surface area contributed by atoms with Gasteiger partial charge in [0, 0.05) is 4.47 Å². The average Bonchev–Trinajstić information content (AvgIpc) is 2.75. The first-order valence-electron chi connectivity index (χ1n) is 8.67. The molecule has 0 aliphatic carbocycles. The van der Waals surface area contributed by atoms with Crippen molar-refractivity contribution in [3.8, 4) is 5.75 Å². The fraction of sp³-hybridized carbons (Fsp3) is 0.0455. The summed E-state index contributed by atoms with van der Waals surface area (Å²) in [5.74, 6) is -0.723. The minimum atomic E-state index is -1.30. The first-order valence-corrected chi connectivity index (χ1v) is 9.46. The zero-order valence-electron chi connectivity index (χ0n) is 15.2. The summed E-state index contributed by atoms with van der Waals surface area (Å²) in [5, 5.41) is 13.8. The Labute approximate surface area is 176 Å². The number of nitrogens with zero attached hydrogens (tertiary/aromatic N) is 1. The van der Waals surface area contributed by atoms with E-state index >= 15 is 0 Å². The predicted octanol–water partition coefficient (Wildman–Crippen LogP) is 3.85. The van der Waals surface area contributed by atoms with E-state index in [2.05, 4.69) is 26.5 Å². The fourth-order valence-corrected chi connectivity index (χ4v) is 2.88. The maximum atomic E-state index is 12.2. The largest absolute Gasteiger partial charge is 0.423 e. The van der Waals surface area contributed by atoms with Crippen LogP contribution >= 0.6 is 15.9 Å². The van der Waals surface area contributed by atoms with E-state index in [0.29, 0.717) is 26.9 Å². The summed E-state index contributed by atoms with van der Waals surface area (Å²) in [6.07, 6.45) is 0.127. The summed E-state index contributed by atoms with van der Waals surface area (Å²) in [6.45, 7) is 0. The Morgan fingerprint density at radius 2 is 1.62 bits per heavy atom. The van der Waals surface area contributed by atoms with Gasteiger partial charge >= 0.3 is 5.97 Å². The third-order valence-electron chi connectivity index (χ3n) is 3.94. The molecule has 0 aliphatic heterocycles. The number of hydrogen-bond acceptors (Lipinski definition) is 5. The van der Waals surface area contributed by atoms with Gasteiger partial charge in [0.2, 0.25) is 0 Å². The van der Waals surface area contributed by atoms with Gasteiger partial charge in [-0.05, 0) is 63.5 Å². The summed E-state index contributed by atoms with van der Waals surface area (Å²) in [6, 6.07) is 22.2. The third-order valence-corrected chi connectivity index (χ3v) is 4.63. The molecule has 6 nitrogen and oxygen atoms in total. The monoisotopic (exact) mass is 452 g/mol. The molecule has 2 N–H and O–H groups in total. The number of carbonyl (C=O) groups excluding carboxylic acids is 2. The number of aliphatic hydroxyl groups excluding tert-OH is 1. The van der Waals surface area contributed by atoms with E-state index in [1.54, 1.807) is 72.8 Å². The minimum Gasteiger partial charge on any atom is -0.423 e. The Balaban J connectivity index is 1.55. The van der Waals surface area contributed by atoms with Crippen LogP contribution in [0.1, 0.15) is 27.6 Å². The molecule has 0 aromatic heterocycles. The number of halogens is 1. The van der Waals surface area contributed by atoms with E-state index in [1.807, 2.05) is 6.07 Å². The molecule has 7 heteroatoms. The van der Waals surface area contributed by atoms with E-state index in [4.69, 9.17) is 4.74 Å². The van der Waals surface area contributed by atoms with Crippen LogP contribution in [0.25, 0.3) is 0 Å². The molecule has 0 fully saturated rings. The van der Waals surface area contributed by atoms with E-state index in [0.717, 1.165) is 0 Å². The van der Waals surface area contributed by atoms with Crippen LogP contribution in [0.4, 0.5) is 0 Å². The predicted molar refractivity (Wildman–Crippen MR) is 113 cm³/mol. The Morgan fingerprint density at radius 3 is 2.31 bits per heavy atom. The molecule has 3 aromatic rings. The zero-order chi connectivity index (χ0) is 20.6. The highest BCUT2D eigenvalue weighted by atomic mass is 79.9. The highest BCUT2D eigenvalue weighted by molar-refractivity contribution is 9.10. The second kappa shape index (κ2) is 9.77. The first kappa shape index (κ1) is 20.4. The Morgan fingerprint density at radius 1 is 0.966 bits per heavy atom. The molecule has 146 valence electrons. The highest BCUT2D eigenvalue weighted by Gasteiger charge is 2.16. The maximum absolute atomic E-state index is 12.2. The molecule has 0 bridgehead atoms. The van der Waals surface area contributed by atoms with Crippen molar-refractivity contribution >= 4 is 34.0 Å². The van der Waals surface area contributed by atoms with E-state index in [-0.39, 0.29) is 0 Å². The Bertz CT molecular complexity index is 1020. The van der Waals surface area contributed by atoms with Crippen LogP contribution in [-0.4, -0.2) is 23.2 Å². The van der Waals surface area contributed by atoms with Crippen molar-refractivity contribution in [2.45, 2.75) is 6.10 Å². The molecular formula is C22H17BrN2O4. The van der Waals surface area contributed by atoms with Gasteiger partial charge in [-0.2, -0.15) is 5.10 Å². The van der Waals surface area contributed by atoms with Crippen molar-refractivity contribution < 1.29 is 19.4 Å². The molecule has 3 rings (SSSR count). The summed E-state index contributed by atoms with van der Waals surface area (Å²) >= 11 is 3.32. The second-order valence-corrected chi connectivity index (χ2v) is 6.84. The molecule has 0 spiro atoms. The van der Waals surface area contributed by atoms with Crippen molar-refractivity contribution in [1.29, 1.82) is 0 Å². The van der Waals surface area contributed by atoms with Gasteiger partial charge in [-0.1, -0.05) is 42.5 Å². The first-order chi connectivity index (χ1) is 14.0. The third kappa shape index (κ3) is 5.60. The molecule has 0 aliphatic rings. The number of nitrogens with one attached hydrogen (secondary N) is 1. The lowest BCUT2D eigenvalue weighted by Gasteiger charge is -2.08. The van der Waals surface area contributed by atoms with Crippen molar-refractivity contribution in [1.82, 2.24) is 5.43 Å². The van der Waals surface area contributed by atoms with Crippen LogP contribution in [0.3, 0.4) is 0 Å². The van der Waals surface area contributed by atoms with Gasteiger partial charge < -0.3 is 9.84 Å². The topological polar surface area (TPSA) is 88.0 Å². The van der Waals surface area contributed by atoms with Crippen LogP contribution < -0.4 is 10.2 Å². The number of esters is 1. The van der Waals surface area contributed by atoms with Gasteiger partial charge in [-0.25, -0.2) is 10.2 Å². The lowest BCUT2D eigenvalue weighted by Crippen LogP contribution is -2.25. The molecule has 3 aromatic carbocycles. The van der Waals surface area contributed by atoms with Crippen LogP contribution in [0.5, 0.6) is 5.75 Å². The number of aliphatic hydroxyl groups is 1. The number of hydrazone groups is 1.